The summed E-state index contributed by atoms with van der Waals surface area (Å²) in [4.78, 5) is 13.7. The highest BCUT2D eigenvalue weighted by atomic mass is 35.5. The van der Waals surface area contributed by atoms with E-state index in [2.05, 4.69) is 25.6 Å². The minimum Gasteiger partial charge on any atom is -0.397 e. The maximum Gasteiger partial charge on any atom is 0.227 e. The molecule has 0 radical (unpaired) electrons. The number of halogens is 1. The summed E-state index contributed by atoms with van der Waals surface area (Å²) < 4.78 is 1.95. The van der Waals surface area contributed by atoms with Gasteiger partial charge >= 0.3 is 0 Å². The van der Waals surface area contributed by atoms with Crippen molar-refractivity contribution in [1.82, 2.24) is 19.5 Å². The van der Waals surface area contributed by atoms with Gasteiger partial charge in [-0.1, -0.05) is 30.7 Å². The average Bonchev–Trinajstić information content (AvgIpc) is 3.10. The van der Waals surface area contributed by atoms with Crippen LogP contribution in [0.2, 0.25) is 5.02 Å². The summed E-state index contributed by atoms with van der Waals surface area (Å²) in [6, 6.07) is 5.39. The molecule has 0 aliphatic carbocycles. The first kappa shape index (κ1) is 20.2. The van der Waals surface area contributed by atoms with E-state index in [0.29, 0.717) is 34.5 Å². The zero-order valence-electron chi connectivity index (χ0n) is 16.3. The van der Waals surface area contributed by atoms with E-state index in [1.54, 1.807) is 19.3 Å². The van der Waals surface area contributed by atoms with Crippen molar-refractivity contribution in [1.29, 1.82) is 0 Å². The first-order chi connectivity index (χ1) is 13.4. The Kier molecular flexibility index (Phi) is 6.21. The number of fused-ring (bicyclic) bond motifs is 1. The molecule has 28 heavy (non-hydrogen) atoms. The summed E-state index contributed by atoms with van der Waals surface area (Å²) in [5.74, 6) is 1.04. The fraction of sp³-hybridized carbons (Fsp3) is 0.421. The number of nitrogens with two attached hydrogens (primary N) is 1. The van der Waals surface area contributed by atoms with Gasteiger partial charge in [-0.2, -0.15) is 9.97 Å². The third kappa shape index (κ3) is 4.13. The number of hydrogen-bond acceptors (Lipinski definition) is 7. The van der Waals surface area contributed by atoms with Gasteiger partial charge < -0.3 is 26.0 Å². The minimum atomic E-state index is -0.525. The number of hydrogen-bond donors (Lipinski definition) is 4. The second-order valence-electron chi connectivity index (χ2n) is 6.66. The summed E-state index contributed by atoms with van der Waals surface area (Å²) in [6.45, 7) is 6.96. The van der Waals surface area contributed by atoms with Crippen LogP contribution in [0, 0.1) is 0 Å². The lowest BCUT2D eigenvalue weighted by molar-refractivity contribution is 0.169. The minimum absolute atomic E-state index is 0.146. The van der Waals surface area contributed by atoms with E-state index in [-0.39, 0.29) is 6.04 Å². The lowest BCUT2D eigenvalue weighted by atomic mass is 10.1. The number of anilines is 3. The standard InChI is InChI=1S/C19H26ClN7O/c1-4-14(11(3)28)24-19-25-17(16-18(26-19)27(5-2)10-23-16)22-9-12-7-6-8-13(20)15(12)21/h6-8,10-11,14,28H,4-5,9,21H2,1-3H3,(H2,22,24,25,26). The zero-order valence-corrected chi connectivity index (χ0v) is 17.0. The monoisotopic (exact) mass is 403 g/mol. The fourth-order valence-corrected chi connectivity index (χ4v) is 3.20. The van der Waals surface area contributed by atoms with Gasteiger partial charge in [0.15, 0.2) is 17.0 Å². The lowest BCUT2D eigenvalue weighted by Crippen LogP contribution is -2.31. The molecule has 1 aromatic carbocycles. The Morgan fingerprint density at radius 1 is 1.29 bits per heavy atom. The number of nitrogen functional groups attached to an aromatic ring is 1. The first-order valence-electron chi connectivity index (χ1n) is 9.38. The van der Waals surface area contributed by atoms with Crippen LogP contribution in [-0.2, 0) is 13.1 Å². The van der Waals surface area contributed by atoms with Crippen molar-refractivity contribution < 1.29 is 5.11 Å². The molecule has 0 aliphatic rings. The molecule has 0 saturated heterocycles. The van der Waals surface area contributed by atoms with Crippen molar-refractivity contribution in [3.8, 4) is 0 Å². The molecule has 0 amide bonds. The number of imidazole rings is 1. The van der Waals surface area contributed by atoms with Gasteiger partial charge in [0.05, 0.1) is 29.2 Å². The number of para-hydroxylation sites is 1. The number of benzene rings is 1. The molecule has 2 aromatic heterocycles. The number of aryl methyl sites for hydroxylation is 1. The molecule has 150 valence electrons. The average molecular weight is 404 g/mol. The molecule has 3 rings (SSSR count). The SMILES string of the molecule is CCC(Nc1nc(NCc2cccc(Cl)c2N)c2ncn(CC)c2n1)C(C)O. The van der Waals surface area contributed by atoms with Crippen molar-refractivity contribution >= 4 is 40.2 Å². The van der Waals surface area contributed by atoms with Crippen molar-refractivity contribution in [2.24, 2.45) is 0 Å². The molecule has 0 saturated carbocycles. The number of aliphatic hydroxyl groups excluding tert-OH is 1. The number of rotatable bonds is 8. The normalized spacial score (nSPS) is 13.5. The Balaban J connectivity index is 1.95. The summed E-state index contributed by atoms with van der Waals surface area (Å²) in [7, 11) is 0. The molecule has 9 heteroatoms. The molecule has 2 heterocycles. The van der Waals surface area contributed by atoms with Crippen LogP contribution in [0.4, 0.5) is 17.5 Å². The maximum absolute atomic E-state index is 9.95. The largest absolute Gasteiger partial charge is 0.397 e. The van der Waals surface area contributed by atoms with Crippen LogP contribution in [0.25, 0.3) is 11.2 Å². The van der Waals surface area contributed by atoms with Crippen LogP contribution >= 0.6 is 11.6 Å². The molecule has 0 fully saturated rings. The van der Waals surface area contributed by atoms with Gasteiger partial charge in [0, 0.05) is 13.1 Å². The first-order valence-corrected chi connectivity index (χ1v) is 9.76. The fourth-order valence-electron chi connectivity index (χ4n) is 3.01. The number of aliphatic hydroxyl groups is 1. The Labute approximate surface area is 169 Å². The smallest absolute Gasteiger partial charge is 0.227 e. The highest BCUT2D eigenvalue weighted by Crippen LogP contribution is 2.25. The summed E-state index contributed by atoms with van der Waals surface area (Å²) in [6.07, 6.45) is 1.96. The summed E-state index contributed by atoms with van der Waals surface area (Å²) in [5, 5.41) is 17.0. The van der Waals surface area contributed by atoms with E-state index in [1.807, 2.05) is 30.5 Å². The molecule has 2 atom stereocenters. The van der Waals surface area contributed by atoms with Crippen LogP contribution in [-0.4, -0.2) is 36.8 Å². The Hall–Kier alpha value is -2.58. The third-order valence-corrected chi connectivity index (χ3v) is 5.06. The third-order valence-electron chi connectivity index (χ3n) is 4.73. The molecule has 3 aromatic rings. The Bertz CT molecular complexity index is 957. The van der Waals surface area contributed by atoms with Crippen molar-refractivity contribution in [2.45, 2.75) is 52.4 Å². The number of nitrogens with zero attached hydrogens (tertiary/aromatic N) is 4. The molecule has 0 spiro atoms. The molecular weight excluding hydrogens is 378 g/mol. The van der Waals surface area contributed by atoms with Gasteiger partial charge in [-0.15, -0.1) is 0 Å². The van der Waals surface area contributed by atoms with Crippen LogP contribution in [0.1, 0.15) is 32.8 Å². The van der Waals surface area contributed by atoms with E-state index in [0.717, 1.165) is 24.2 Å². The van der Waals surface area contributed by atoms with Crippen molar-refractivity contribution in [2.75, 3.05) is 16.4 Å². The lowest BCUT2D eigenvalue weighted by Gasteiger charge is -2.20. The van der Waals surface area contributed by atoms with E-state index in [4.69, 9.17) is 17.3 Å². The predicted molar refractivity (Wildman–Crippen MR) is 114 cm³/mol. The van der Waals surface area contributed by atoms with E-state index < -0.39 is 6.10 Å². The summed E-state index contributed by atoms with van der Waals surface area (Å²) >= 11 is 6.11. The topological polar surface area (TPSA) is 114 Å². The van der Waals surface area contributed by atoms with Gasteiger partial charge in [0.25, 0.3) is 0 Å². The van der Waals surface area contributed by atoms with Crippen molar-refractivity contribution in [3.05, 3.63) is 35.1 Å². The van der Waals surface area contributed by atoms with Crippen LogP contribution in [0.3, 0.4) is 0 Å². The Morgan fingerprint density at radius 3 is 2.75 bits per heavy atom. The van der Waals surface area contributed by atoms with Gasteiger partial charge in [-0.3, -0.25) is 0 Å². The molecular formula is C19H26ClN7O. The quantitative estimate of drug-likeness (QED) is 0.427. The highest BCUT2D eigenvalue weighted by Gasteiger charge is 2.18. The van der Waals surface area contributed by atoms with E-state index in [1.165, 1.54) is 0 Å². The van der Waals surface area contributed by atoms with E-state index >= 15 is 0 Å². The van der Waals surface area contributed by atoms with Gasteiger partial charge in [0.2, 0.25) is 5.95 Å². The van der Waals surface area contributed by atoms with Crippen LogP contribution < -0.4 is 16.4 Å². The van der Waals surface area contributed by atoms with Gasteiger partial charge in [-0.25, -0.2) is 4.98 Å². The second kappa shape index (κ2) is 8.62. The number of nitrogens with one attached hydrogen (secondary N) is 2. The van der Waals surface area contributed by atoms with Crippen LogP contribution in [0.5, 0.6) is 0 Å². The molecule has 0 bridgehead atoms. The van der Waals surface area contributed by atoms with Crippen molar-refractivity contribution in [3.63, 3.8) is 0 Å². The predicted octanol–water partition coefficient (Wildman–Crippen LogP) is 3.27. The highest BCUT2D eigenvalue weighted by molar-refractivity contribution is 6.33. The van der Waals surface area contributed by atoms with Crippen LogP contribution in [0.15, 0.2) is 24.5 Å². The Morgan fingerprint density at radius 2 is 2.07 bits per heavy atom. The number of aromatic nitrogens is 4. The molecule has 5 N–H and O–H groups in total. The molecule has 8 nitrogen and oxygen atoms in total. The van der Waals surface area contributed by atoms with Gasteiger partial charge in [-0.05, 0) is 31.9 Å². The van der Waals surface area contributed by atoms with E-state index in [9.17, 15) is 5.11 Å². The van der Waals surface area contributed by atoms with Gasteiger partial charge in [0.1, 0.15) is 0 Å². The maximum atomic E-state index is 9.95. The summed E-state index contributed by atoms with van der Waals surface area (Å²) in [5.41, 5.74) is 8.89. The molecule has 0 aliphatic heterocycles. The zero-order chi connectivity index (χ0) is 20.3. The second-order valence-corrected chi connectivity index (χ2v) is 7.07. The molecule has 2 unspecified atom stereocenters.